The summed E-state index contributed by atoms with van der Waals surface area (Å²) in [6, 6.07) is 4.33. The van der Waals surface area contributed by atoms with Crippen molar-refractivity contribution in [1.29, 1.82) is 0 Å². The van der Waals surface area contributed by atoms with Crippen molar-refractivity contribution in [2.24, 2.45) is 5.92 Å². The fourth-order valence-electron chi connectivity index (χ4n) is 2.69. The standard InChI is InChI=1S/C14H19FN2O2/c1-2-10-3-5-11(6-4-10)16-12-7-8-13(15)14(9-12)17(18)19/h7-11,16H,2-6H2,1H3. The highest BCUT2D eigenvalue weighted by Gasteiger charge is 2.21. The van der Waals surface area contributed by atoms with Gasteiger partial charge >= 0.3 is 5.69 Å². The first-order valence-electron chi connectivity index (χ1n) is 6.80. The molecule has 0 aliphatic heterocycles. The number of halogens is 1. The summed E-state index contributed by atoms with van der Waals surface area (Å²) in [7, 11) is 0. The molecule has 19 heavy (non-hydrogen) atoms. The zero-order valence-corrected chi connectivity index (χ0v) is 11.1. The molecular formula is C14H19FN2O2. The Bertz CT molecular complexity index is 457. The number of nitrogens with one attached hydrogen (secondary N) is 1. The number of nitro benzene ring substituents is 1. The average Bonchev–Trinajstić information content (AvgIpc) is 2.41. The summed E-state index contributed by atoms with van der Waals surface area (Å²) >= 11 is 0. The topological polar surface area (TPSA) is 55.2 Å². The fraction of sp³-hybridized carbons (Fsp3) is 0.571. The van der Waals surface area contributed by atoms with Gasteiger partial charge in [0.25, 0.3) is 0 Å². The van der Waals surface area contributed by atoms with Crippen LogP contribution in [-0.2, 0) is 0 Å². The molecule has 1 aliphatic rings. The number of nitrogens with zero attached hydrogens (tertiary/aromatic N) is 1. The molecule has 4 nitrogen and oxygen atoms in total. The van der Waals surface area contributed by atoms with Gasteiger partial charge in [-0.1, -0.05) is 13.3 Å². The van der Waals surface area contributed by atoms with Gasteiger partial charge in [-0.05, 0) is 43.7 Å². The van der Waals surface area contributed by atoms with E-state index in [4.69, 9.17) is 0 Å². The van der Waals surface area contributed by atoms with E-state index in [-0.39, 0.29) is 0 Å². The van der Waals surface area contributed by atoms with E-state index in [9.17, 15) is 14.5 Å². The lowest BCUT2D eigenvalue weighted by Gasteiger charge is -2.29. The summed E-state index contributed by atoms with van der Waals surface area (Å²) in [5, 5.41) is 14.0. The van der Waals surface area contributed by atoms with Gasteiger partial charge in [-0.2, -0.15) is 4.39 Å². The van der Waals surface area contributed by atoms with Crippen LogP contribution < -0.4 is 5.32 Å². The second-order valence-electron chi connectivity index (χ2n) is 5.19. The van der Waals surface area contributed by atoms with Gasteiger partial charge in [0.05, 0.1) is 4.92 Å². The van der Waals surface area contributed by atoms with E-state index >= 15 is 0 Å². The Morgan fingerprint density at radius 1 is 1.37 bits per heavy atom. The van der Waals surface area contributed by atoms with Crippen LogP contribution in [0, 0.1) is 21.8 Å². The zero-order chi connectivity index (χ0) is 13.8. The molecule has 1 saturated carbocycles. The Hall–Kier alpha value is -1.65. The van der Waals surface area contributed by atoms with Crippen molar-refractivity contribution in [1.82, 2.24) is 0 Å². The third-order valence-corrected chi connectivity index (χ3v) is 3.94. The molecule has 0 heterocycles. The summed E-state index contributed by atoms with van der Waals surface area (Å²) in [5.74, 6) is 0.0193. The van der Waals surface area contributed by atoms with Crippen molar-refractivity contribution in [2.75, 3.05) is 5.32 Å². The van der Waals surface area contributed by atoms with Gasteiger partial charge in [-0.3, -0.25) is 10.1 Å². The summed E-state index contributed by atoms with van der Waals surface area (Å²) in [4.78, 5) is 10.00. The smallest absolute Gasteiger partial charge is 0.306 e. The Morgan fingerprint density at radius 2 is 2.05 bits per heavy atom. The van der Waals surface area contributed by atoms with Crippen LogP contribution >= 0.6 is 0 Å². The Balaban J connectivity index is 2.00. The first-order chi connectivity index (χ1) is 9.10. The predicted molar refractivity (Wildman–Crippen MR) is 72.7 cm³/mol. The highest BCUT2D eigenvalue weighted by Crippen LogP contribution is 2.29. The third-order valence-electron chi connectivity index (χ3n) is 3.94. The lowest BCUT2D eigenvalue weighted by atomic mass is 9.84. The minimum absolute atomic E-state index is 0.341. The third kappa shape index (κ3) is 3.43. The molecule has 2 rings (SSSR count). The summed E-state index contributed by atoms with van der Waals surface area (Å²) < 4.78 is 13.2. The van der Waals surface area contributed by atoms with E-state index in [2.05, 4.69) is 12.2 Å². The number of benzene rings is 1. The minimum atomic E-state index is -0.787. The van der Waals surface area contributed by atoms with Crippen LogP contribution in [0.2, 0.25) is 0 Å². The molecule has 0 amide bonds. The maximum Gasteiger partial charge on any atom is 0.306 e. The lowest BCUT2D eigenvalue weighted by molar-refractivity contribution is -0.387. The summed E-state index contributed by atoms with van der Waals surface area (Å²) in [5.41, 5.74) is 0.167. The van der Waals surface area contributed by atoms with Crippen molar-refractivity contribution in [3.8, 4) is 0 Å². The van der Waals surface area contributed by atoms with E-state index in [1.807, 2.05) is 0 Å². The molecule has 0 unspecified atom stereocenters. The molecule has 1 N–H and O–H groups in total. The molecule has 0 spiro atoms. The van der Waals surface area contributed by atoms with Crippen molar-refractivity contribution in [2.45, 2.75) is 45.1 Å². The van der Waals surface area contributed by atoms with E-state index in [0.717, 1.165) is 24.8 Å². The largest absolute Gasteiger partial charge is 0.382 e. The van der Waals surface area contributed by atoms with Crippen LogP contribution in [0.15, 0.2) is 18.2 Å². The number of anilines is 1. The molecule has 0 radical (unpaired) electrons. The van der Waals surface area contributed by atoms with Crippen molar-refractivity contribution < 1.29 is 9.31 Å². The monoisotopic (exact) mass is 266 g/mol. The normalized spacial score (nSPS) is 23.1. The van der Waals surface area contributed by atoms with Crippen LogP contribution in [0.1, 0.15) is 39.0 Å². The second-order valence-corrected chi connectivity index (χ2v) is 5.19. The Kier molecular flexibility index (Phi) is 4.35. The van der Waals surface area contributed by atoms with Gasteiger partial charge < -0.3 is 5.32 Å². The minimum Gasteiger partial charge on any atom is -0.382 e. The quantitative estimate of drug-likeness (QED) is 0.659. The van der Waals surface area contributed by atoms with Crippen molar-refractivity contribution in [3.05, 3.63) is 34.1 Å². The fourth-order valence-corrected chi connectivity index (χ4v) is 2.69. The van der Waals surface area contributed by atoms with Gasteiger partial charge in [-0.25, -0.2) is 0 Å². The van der Waals surface area contributed by atoms with Gasteiger partial charge in [-0.15, -0.1) is 0 Å². The predicted octanol–water partition coefficient (Wildman–Crippen LogP) is 4.11. The van der Waals surface area contributed by atoms with E-state index in [0.29, 0.717) is 11.7 Å². The maximum atomic E-state index is 13.2. The van der Waals surface area contributed by atoms with Gasteiger partial charge in [0, 0.05) is 17.8 Å². The summed E-state index contributed by atoms with van der Waals surface area (Å²) in [6.07, 6.45) is 5.75. The van der Waals surface area contributed by atoms with Crippen molar-refractivity contribution in [3.63, 3.8) is 0 Å². The lowest BCUT2D eigenvalue weighted by Crippen LogP contribution is -2.25. The SMILES string of the molecule is CCC1CCC(Nc2ccc(F)c([N+](=O)[O-])c2)CC1. The van der Waals surface area contributed by atoms with Gasteiger partial charge in [0.1, 0.15) is 0 Å². The molecule has 1 aromatic carbocycles. The van der Waals surface area contributed by atoms with Gasteiger partial charge in [0.15, 0.2) is 0 Å². The van der Waals surface area contributed by atoms with Crippen LogP contribution in [0.5, 0.6) is 0 Å². The molecule has 0 aromatic heterocycles. The molecule has 104 valence electrons. The molecular weight excluding hydrogens is 247 g/mol. The van der Waals surface area contributed by atoms with E-state index in [1.54, 1.807) is 6.07 Å². The average molecular weight is 266 g/mol. The highest BCUT2D eigenvalue weighted by molar-refractivity contribution is 5.52. The number of nitro groups is 1. The number of hydrogen-bond acceptors (Lipinski definition) is 3. The molecule has 0 atom stereocenters. The molecule has 5 heteroatoms. The number of hydrogen-bond donors (Lipinski definition) is 1. The highest BCUT2D eigenvalue weighted by atomic mass is 19.1. The van der Waals surface area contributed by atoms with E-state index in [1.165, 1.54) is 25.3 Å². The van der Waals surface area contributed by atoms with Crippen LogP contribution in [0.25, 0.3) is 0 Å². The maximum absolute atomic E-state index is 13.2. The van der Waals surface area contributed by atoms with Crippen LogP contribution in [0.3, 0.4) is 0 Å². The number of rotatable bonds is 4. The Morgan fingerprint density at radius 3 is 2.63 bits per heavy atom. The van der Waals surface area contributed by atoms with Crippen LogP contribution in [-0.4, -0.2) is 11.0 Å². The Labute approximate surface area is 112 Å². The van der Waals surface area contributed by atoms with E-state index < -0.39 is 16.4 Å². The first-order valence-corrected chi connectivity index (χ1v) is 6.80. The molecule has 0 saturated heterocycles. The van der Waals surface area contributed by atoms with Crippen LogP contribution in [0.4, 0.5) is 15.8 Å². The summed E-state index contributed by atoms with van der Waals surface area (Å²) in [6.45, 7) is 2.21. The van der Waals surface area contributed by atoms with Gasteiger partial charge in [0.2, 0.25) is 5.82 Å². The second kappa shape index (κ2) is 5.99. The van der Waals surface area contributed by atoms with Crippen molar-refractivity contribution >= 4 is 11.4 Å². The zero-order valence-electron chi connectivity index (χ0n) is 11.1. The molecule has 1 aromatic rings. The molecule has 0 bridgehead atoms. The molecule has 1 fully saturated rings. The molecule has 1 aliphatic carbocycles. The first kappa shape index (κ1) is 13.8.